The van der Waals surface area contributed by atoms with Crippen molar-refractivity contribution in [1.82, 2.24) is 0 Å². The van der Waals surface area contributed by atoms with Gasteiger partial charge in [0.15, 0.2) is 0 Å². The molecule has 0 N–H and O–H groups in total. The number of hydrogen-bond donors (Lipinski definition) is 0. The van der Waals surface area contributed by atoms with Gasteiger partial charge in [0.05, 0.1) is 0 Å². The molecule has 0 heteroatoms. The van der Waals surface area contributed by atoms with E-state index in [9.17, 15) is 0 Å². The van der Waals surface area contributed by atoms with Gasteiger partial charge in [-0.05, 0) is 35.5 Å². The molecule has 0 amide bonds. The minimum atomic E-state index is 0.473. The summed E-state index contributed by atoms with van der Waals surface area (Å²) in [4.78, 5) is 0. The van der Waals surface area contributed by atoms with Crippen molar-refractivity contribution in [3.8, 4) is 0 Å². The van der Waals surface area contributed by atoms with Crippen molar-refractivity contribution in [3.63, 3.8) is 0 Å². The molecule has 0 saturated heterocycles. The van der Waals surface area contributed by atoms with Gasteiger partial charge in [0, 0.05) is 0 Å². The summed E-state index contributed by atoms with van der Waals surface area (Å²) in [6.07, 6.45) is 14.1. The summed E-state index contributed by atoms with van der Waals surface area (Å²) in [6, 6.07) is 0. The molecule has 0 rings (SSSR count). The highest BCUT2D eigenvalue weighted by atomic mass is 14.3. The van der Waals surface area contributed by atoms with Crippen LogP contribution in [0.4, 0.5) is 0 Å². The maximum atomic E-state index is 2.53. The molecule has 0 aromatic rings. The van der Waals surface area contributed by atoms with E-state index in [1.54, 1.807) is 0 Å². The van der Waals surface area contributed by atoms with Gasteiger partial charge in [-0.1, -0.05) is 113 Å². The van der Waals surface area contributed by atoms with Gasteiger partial charge in [-0.15, -0.1) is 0 Å². The summed E-state index contributed by atoms with van der Waals surface area (Å²) >= 11 is 0. The normalized spacial score (nSPS) is 17.7. The fourth-order valence-electron chi connectivity index (χ4n) is 4.57. The Morgan fingerprint density at radius 2 is 1.22 bits per heavy atom. The van der Waals surface area contributed by atoms with Gasteiger partial charge in [-0.25, -0.2) is 0 Å². The molecule has 0 aliphatic heterocycles. The molecule has 0 radical (unpaired) electrons. The lowest BCUT2D eigenvalue weighted by molar-refractivity contribution is 0.169. The first-order valence-electron chi connectivity index (χ1n) is 10.7. The molecule has 0 fully saturated rings. The second-order valence-corrected chi connectivity index (χ2v) is 9.70. The second kappa shape index (κ2) is 12.4. The van der Waals surface area contributed by atoms with Crippen molar-refractivity contribution in [1.29, 1.82) is 0 Å². The van der Waals surface area contributed by atoms with E-state index in [0.29, 0.717) is 5.41 Å². The van der Waals surface area contributed by atoms with Crippen molar-refractivity contribution < 1.29 is 0 Å². The van der Waals surface area contributed by atoms with E-state index < -0.39 is 0 Å². The van der Waals surface area contributed by atoms with Crippen LogP contribution in [0.2, 0.25) is 0 Å². The molecular weight excluding hydrogens is 276 g/mol. The Balaban J connectivity index is 4.12. The summed E-state index contributed by atoms with van der Waals surface area (Å²) in [5.74, 6) is 3.64. The summed E-state index contributed by atoms with van der Waals surface area (Å²) in [5.41, 5.74) is 0.473. The lowest BCUT2D eigenvalue weighted by Gasteiger charge is -2.33. The molecule has 140 valence electrons. The third-order valence-electron chi connectivity index (χ3n) is 5.66. The van der Waals surface area contributed by atoms with Gasteiger partial charge >= 0.3 is 0 Å². The van der Waals surface area contributed by atoms with Crippen LogP contribution in [0.1, 0.15) is 120 Å². The molecule has 0 aromatic heterocycles. The van der Waals surface area contributed by atoms with Gasteiger partial charge in [0.1, 0.15) is 0 Å². The maximum Gasteiger partial charge on any atom is -0.0363 e. The highest BCUT2D eigenvalue weighted by molar-refractivity contribution is 4.76. The molecule has 0 aliphatic carbocycles. The first kappa shape index (κ1) is 23.0. The van der Waals surface area contributed by atoms with E-state index in [1.165, 1.54) is 64.2 Å². The summed E-state index contributed by atoms with van der Waals surface area (Å²) in [6.45, 7) is 19.3. The van der Waals surface area contributed by atoms with Crippen LogP contribution in [0.5, 0.6) is 0 Å². The Kier molecular flexibility index (Phi) is 12.4. The minimum Gasteiger partial charge on any atom is -0.0654 e. The van der Waals surface area contributed by atoms with Crippen LogP contribution >= 0.6 is 0 Å². The van der Waals surface area contributed by atoms with Gasteiger partial charge < -0.3 is 0 Å². The Morgan fingerprint density at radius 3 is 1.74 bits per heavy atom. The van der Waals surface area contributed by atoms with E-state index in [-0.39, 0.29) is 0 Å². The smallest absolute Gasteiger partial charge is 0.0363 e. The molecule has 23 heavy (non-hydrogen) atoms. The molecule has 0 spiro atoms. The molecular formula is C23H48. The Morgan fingerprint density at radius 1 is 0.652 bits per heavy atom. The van der Waals surface area contributed by atoms with Gasteiger partial charge in [0.2, 0.25) is 0 Å². The molecule has 4 atom stereocenters. The van der Waals surface area contributed by atoms with Crippen molar-refractivity contribution in [2.24, 2.45) is 29.1 Å². The molecule has 0 nitrogen and oxygen atoms in total. The monoisotopic (exact) mass is 324 g/mol. The number of rotatable bonds is 13. The number of hydrogen-bond acceptors (Lipinski definition) is 0. The van der Waals surface area contributed by atoms with Crippen LogP contribution in [-0.2, 0) is 0 Å². The predicted octanol–water partition coefficient (Wildman–Crippen LogP) is 8.50. The maximum absolute atomic E-state index is 2.53. The first-order chi connectivity index (χ1) is 10.7. The summed E-state index contributed by atoms with van der Waals surface area (Å²) in [7, 11) is 0. The van der Waals surface area contributed by atoms with E-state index in [2.05, 4.69) is 55.4 Å². The Labute approximate surface area is 149 Å². The predicted molar refractivity (Wildman–Crippen MR) is 108 cm³/mol. The van der Waals surface area contributed by atoms with Crippen molar-refractivity contribution in [2.75, 3.05) is 0 Å². The lowest BCUT2D eigenvalue weighted by Crippen LogP contribution is -2.24. The van der Waals surface area contributed by atoms with E-state index in [0.717, 1.165) is 23.7 Å². The molecule has 0 aliphatic rings. The van der Waals surface area contributed by atoms with Gasteiger partial charge in [-0.2, -0.15) is 0 Å². The van der Waals surface area contributed by atoms with Crippen molar-refractivity contribution in [2.45, 2.75) is 120 Å². The minimum absolute atomic E-state index is 0.473. The standard InChI is InChI=1S/C23H48/c1-9-14-19(3)16-12-11-13-17-20(4)22(15-10-2)21(5)18-23(6,7)8/h19-22H,9-18H2,1-8H3. The molecule has 0 heterocycles. The fraction of sp³-hybridized carbons (Fsp3) is 1.00. The van der Waals surface area contributed by atoms with E-state index >= 15 is 0 Å². The third-order valence-corrected chi connectivity index (χ3v) is 5.66. The second-order valence-electron chi connectivity index (χ2n) is 9.70. The van der Waals surface area contributed by atoms with Crippen LogP contribution in [0, 0.1) is 29.1 Å². The fourth-order valence-corrected chi connectivity index (χ4v) is 4.57. The van der Waals surface area contributed by atoms with E-state index in [1.807, 2.05) is 0 Å². The first-order valence-corrected chi connectivity index (χ1v) is 10.7. The molecule has 0 saturated carbocycles. The average molecular weight is 325 g/mol. The lowest BCUT2D eigenvalue weighted by atomic mass is 9.72. The molecule has 0 bridgehead atoms. The van der Waals surface area contributed by atoms with Crippen LogP contribution in [0.3, 0.4) is 0 Å². The zero-order chi connectivity index (χ0) is 17.9. The van der Waals surface area contributed by atoms with Crippen LogP contribution in [-0.4, -0.2) is 0 Å². The Bertz CT molecular complexity index is 260. The summed E-state index contributed by atoms with van der Waals surface area (Å²) in [5, 5.41) is 0. The Hall–Kier alpha value is 0. The third kappa shape index (κ3) is 12.1. The molecule has 0 aromatic carbocycles. The van der Waals surface area contributed by atoms with Gasteiger partial charge in [-0.3, -0.25) is 0 Å². The largest absolute Gasteiger partial charge is 0.0654 e. The van der Waals surface area contributed by atoms with Crippen molar-refractivity contribution >= 4 is 0 Å². The highest BCUT2D eigenvalue weighted by Gasteiger charge is 2.26. The summed E-state index contributed by atoms with van der Waals surface area (Å²) < 4.78 is 0. The van der Waals surface area contributed by atoms with E-state index in [4.69, 9.17) is 0 Å². The average Bonchev–Trinajstić information content (AvgIpc) is 2.42. The SMILES string of the molecule is CCCC(C)CCCCCC(C)C(CCC)C(C)CC(C)(C)C. The topological polar surface area (TPSA) is 0 Å². The van der Waals surface area contributed by atoms with Crippen LogP contribution in [0.15, 0.2) is 0 Å². The zero-order valence-electron chi connectivity index (χ0n) is 17.9. The quantitative estimate of drug-likeness (QED) is 0.298. The van der Waals surface area contributed by atoms with Gasteiger partial charge in [0.25, 0.3) is 0 Å². The molecule has 4 unspecified atom stereocenters. The number of unbranched alkanes of at least 4 members (excludes halogenated alkanes) is 2. The zero-order valence-corrected chi connectivity index (χ0v) is 17.9. The van der Waals surface area contributed by atoms with Crippen LogP contribution < -0.4 is 0 Å². The van der Waals surface area contributed by atoms with Crippen molar-refractivity contribution in [3.05, 3.63) is 0 Å². The highest BCUT2D eigenvalue weighted by Crippen LogP contribution is 2.36. The van der Waals surface area contributed by atoms with Crippen LogP contribution in [0.25, 0.3) is 0 Å².